The number of anilines is 2. The molecule has 2 aromatic carbocycles. The molecule has 2 heterocycles. The van der Waals surface area contributed by atoms with Crippen molar-refractivity contribution in [3.8, 4) is 11.3 Å². The first-order valence-corrected chi connectivity index (χ1v) is 7.61. The van der Waals surface area contributed by atoms with E-state index in [9.17, 15) is 4.39 Å². The molecule has 0 aliphatic rings. The van der Waals surface area contributed by atoms with E-state index in [1.807, 2.05) is 29.8 Å². The van der Waals surface area contributed by atoms with Crippen LogP contribution in [0.4, 0.5) is 15.9 Å². The number of nitrogens with zero attached hydrogens (tertiary/aromatic N) is 3. The summed E-state index contributed by atoms with van der Waals surface area (Å²) in [7, 11) is 1.99. The molecule has 1 N–H and O–H groups in total. The van der Waals surface area contributed by atoms with E-state index in [1.54, 1.807) is 12.1 Å². The first-order chi connectivity index (χ1) is 11.7. The van der Waals surface area contributed by atoms with Gasteiger partial charge in [-0.3, -0.25) is 0 Å². The Morgan fingerprint density at radius 1 is 0.958 bits per heavy atom. The molecule has 0 unspecified atom stereocenters. The Morgan fingerprint density at radius 2 is 1.71 bits per heavy atom. The summed E-state index contributed by atoms with van der Waals surface area (Å²) in [5.74, 6) is 0.434. The van der Waals surface area contributed by atoms with Gasteiger partial charge in [-0.25, -0.2) is 14.4 Å². The number of halogens is 1. The van der Waals surface area contributed by atoms with Gasteiger partial charge in [0.25, 0.3) is 0 Å². The van der Waals surface area contributed by atoms with E-state index < -0.39 is 0 Å². The minimum Gasteiger partial charge on any atom is -0.340 e. The maximum absolute atomic E-state index is 13.1. The van der Waals surface area contributed by atoms with Crippen molar-refractivity contribution in [3.05, 3.63) is 72.8 Å². The second kappa shape index (κ2) is 5.77. The van der Waals surface area contributed by atoms with Crippen LogP contribution in [-0.2, 0) is 7.05 Å². The van der Waals surface area contributed by atoms with Crippen LogP contribution < -0.4 is 5.32 Å². The Labute approximate surface area is 138 Å². The normalized spacial score (nSPS) is 10.9. The fraction of sp³-hybridized carbons (Fsp3) is 0.0526. The summed E-state index contributed by atoms with van der Waals surface area (Å²) < 4.78 is 15.1. The van der Waals surface area contributed by atoms with Crippen LogP contribution in [0.5, 0.6) is 0 Å². The van der Waals surface area contributed by atoms with Crippen LogP contribution in [-0.4, -0.2) is 14.5 Å². The first-order valence-electron chi connectivity index (χ1n) is 7.61. The van der Waals surface area contributed by atoms with Crippen molar-refractivity contribution < 1.29 is 4.39 Å². The molecule has 0 saturated heterocycles. The minimum absolute atomic E-state index is 0.264. The lowest BCUT2D eigenvalue weighted by atomic mass is 10.1. The lowest BCUT2D eigenvalue weighted by molar-refractivity contribution is 0.628. The average Bonchev–Trinajstić information content (AvgIpc) is 2.96. The molecule has 24 heavy (non-hydrogen) atoms. The maximum atomic E-state index is 13.1. The van der Waals surface area contributed by atoms with E-state index in [4.69, 9.17) is 0 Å². The third-order valence-electron chi connectivity index (χ3n) is 4.00. The summed E-state index contributed by atoms with van der Waals surface area (Å²) in [5.41, 5.74) is 3.80. The number of aryl methyl sites for hydroxylation is 1. The van der Waals surface area contributed by atoms with E-state index in [-0.39, 0.29) is 5.82 Å². The van der Waals surface area contributed by atoms with Gasteiger partial charge >= 0.3 is 0 Å². The van der Waals surface area contributed by atoms with Gasteiger partial charge in [-0.05, 0) is 35.9 Å². The Hall–Kier alpha value is -3.21. The fourth-order valence-electron chi connectivity index (χ4n) is 2.79. The summed E-state index contributed by atoms with van der Waals surface area (Å²) in [6.07, 6.45) is 1.53. The van der Waals surface area contributed by atoms with Gasteiger partial charge in [0, 0.05) is 12.7 Å². The smallest absolute Gasteiger partial charge is 0.145 e. The summed E-state index contributed by atoms with van der Waals surface area (Å²) in [5, 5.41) is 4.15. The van der Waals surface area contributed by atoms with Gasteiger partial charge in [0.1, 0.15) is 23.6 Å². The molecule has 0 bridgehead atoms. The zero-order chi connectivity index (χ0) is 16.5. The second-order valence-electron chi connectivity index (χ2n) is 5.55. The number of aromatic nitrogens is 3. The van der Waals surface area contributed by atoms with E-state index >= 15 is 0 Å². The third kappa shape index (κ3) is 2.50. The molecule has 5 heteroatoms. The molecule has 4 rings (SSSR count). The van der Waals surface area contributed by atoms with E-state index in [0.717, 1.165) is 28.0 Å². The highest BCUT2D eigenvalue weighted by molar-refractivity contribution is 5.93. The molecule has 0 fully saturated rings. The monoisotopic (exact) mass is 318 g/mol. The molecule has 0 aliphatic carbocycles. The summed E-state index contributed by atoms with van der Waals surface area (Å²) in [6.45, 7) is 0. The van der Waals surface area contributed by atoms with Crippen molar-refractivity contribution in [3.63, 3.8) is 0 Å². The maximum Gasteiger partial charge on any atom is 0.145 e. The molecule has 0 saturated carbocycles. The molecule has 0 spiro atoms. The SMILES string of the molecule is Cn1c(-c2ccccc2)cc2c(Nc3ccc(F)cc3)ncnc21. The molecule has 0 atom stereocenters. The van der Waals surface area contributed by atoms with Gasteiger partial charge in [-0.15, -0.1) is 0 Å². The van der Waals surface area contributed by atoms with Gasteiger partial charge in [-0.1, -0.05) is 30.3 Å². The zero-order valence-electron chi connectivity index (χ0n) is 13.1. The van der Waals surface area contributed by atoms with Gasteiger partial charge < -0.3 is 9.88 Å². The van der Waals surface area contributed by atoms with Gasteiger partial charge in [0.2, 0.25) is 0 Å². The first kappa shape index (κ1) is 14.4. The number of rotatable bonds is 3. The predicted molar refractivity (Wildman–Crippen MR) is 93.6 cm³/mol. The van der Waals surface area contributed by atoms with Crippen molar-refractivity contribution in [2.45, 2.75) is 0 Å². The van der Waals surface area contributed by atoms with Crippen molar-refractivity contribution in [2.24, 2.45) is 7.05 Å². The summed E-state index contributed by atoms with van der Waals surface area (Å²) in [6, 6.07) is 18.4. The average molecular weight is 318 g/mol. The number of fused-ring (bicyclic) bond motifs is 1. The van der Waals surface area contributed by atoms with Gasteiger partial charge in [0.15, 0.2) is 0 Å². The number of hydrogen-bond donors (Lipinski definition) is 1. The van der Waals surface area contributed by atoms with Crippen molar-refractivity contribution in [1.82, 2.24) is 14.5 Å². The molecular weight excluding hydrogens is 303 g/mol. The zero-order valence-corrected chi connectivity index (χ0v) is 13.1. The van der Waals surface area contributed by atoms with Gasteiger partial charge in [0.05, 0.1) is 11.1 Å². The molecule has 0 aliphatic heterocycles. The van der Waals surface area contributed by atoms with Crippen LogP contribution in [0.1, 0.15) is 0 Å². The van der Waals surface area contributed by atoms with Gasteiger partial charge in [-0.2, -0.15) is 0 Å². The molecule has 118 valence electrons. The van der Waals surface area contributed by atoms with Crippen LogP contribution in [0, 0.1) is 5.82 Å². The minimum atomic E-state index is -0.264. The Kier molecular flexibility index (Phi) is 3.46. The van der Waals surface area contributed by atoms with Crippen LogP contribution in [0.3, 0.4) is 0 Å². The second-order valence-corrected chi connectivity index (χ2v) is 5.55. The van der Waals surface area contributed by atoms with E-state index in [2.05, 4.69) is 33.5 Å². The third-order valence-corrected chi connectivity index (χ3v) is 4.00. The lowest BCUT2D eigenvalue weighted by Gasteiger charge is -2.06. The Balaban J connectivity index is 1.81. The van der Waals surface area contributed by atoms with Crippen LogP contribution in [0.25, 0.3) is 22.3 Å². The number of hydrogen-bond acceptors (Lipinski definition) is 3. The Bertz CT molecular complexity index is 991. The Morgan fingerprint density at radius 3 is 2.46 bits per heavy atom. The largest absolute Gasteiger partial charge is 0.340 e. The molecule has 2 aromatic heterocycles. The summed E-state index contributed by atoms with van der Waals surface area (Å²) in [4.78, 5) is 8.74. The van der Waals surface area contributed by atoms with Crippen LogP contribution in [0.2, 0.25) is 0 Å². The molecule has 4 aromatic rings. The summed E-state index contributed by atoms with van der Waals surface area (Å²) >= 11 is 0. The standard InChI is InChI=1S/C19H15FN4/c1-24-17(13-5-3-2-4-6-13)11-16-18(21-12-22-19(16)24)23-15-9-7-14(20)8-10-15/h2-12H,1H3,(H,21,22,23). The van der Waals surface area contributed by atoms with E-state index in [0.29, 0.717) is 5.82 Å². The molecule has 0 amide bonds. The topological polar surface area (TPSA) is 42.7 Å². The van der Waals surface area contributed by atoms with E-state index in [1.165, 1.54) is 18.5 Å². The number of benzene rings is 2. The van der Waals surface area contributed by atoms with Crippen molar-refractivity contribution >= 4 is 22.5 Å². The molecule has 0 radical (unpaired) electrons. The fourth-order valence-corrected chi connectivity index (χ4v) is 2.79. The lowest BCUT2D eigenvalue weighted by Crippen LogP contribution is -1.97. The van der Waals surface area contributed by atoms with Crippen molar-refractivity contribution in [2.75, 3.05) is 5.32 Å². The highest BCUT2D eigenvalue weighted by Crippen LogP contribution is 2.30. The van der Waals surface area contributed by atoms with Crippen LogP contribution >= 0.6 is 0 Å². The quantitative estimate of drug-likeness (QED) is 0.604. The van der Waals surface area contributed by atoms with Crippen molar-refractivity contribution in [1.29, 1.82) is 0 Å². The highest BCUT2D eigenvalue weighted by atomic mass is 19.1. The molecule has 4 nitrogen and oxygen atoms in total. The number of nitrogens with one attached hydrogen (secondary N) is 1. The van der Waals surface area contributed by atoms with Crippen LogP contribution in [0.15, 0.2) is 67.0 Å². The predicted octanol–water partition coefficient (Wildman–Crippen LogP) is 4.52. The highest BCUT2D eigenvalue weighted by Gasteiger charge is 2.13. The molecular formula is C19H15FN4.